The first-order valence-corrected chi connectivity index (χ1v) is 13.8. The van der Waals surface area contributed by atoms with Crippen molar-refractivity contribution in [1.82, 2.24) is 9.88 Å². The third kappa shape index (κ3) is 6.43. The molecule has 2 aliphatic rings. The lowest BCUT2D eigenvalue weighted by atomic mass is 9.83. The second-order valence-electron chi connectivity index (χ2n) is 9.88. The maximum atomic E-state index is 11.8. The number of methoxy groups -OCH3 is 1. The van der Waals surface area contributed by atoms with E-state index in [1.165, 1.54) is 7.11 Å². The van der Waals surface area contributed by atoms with E-state index in [-0.39, 0.29) is 11.6 Å². The van der Waals surface area contributed by atoms with Crippen LogP contribution in [0.1, 0.15) is 37.8 Å². The Kier molecular flexibility index (Phi) is 7.56. The van der Waals surface area contributed by atoms with Crippen LogP contribution in [0, 0.1) is 5.92 Å². The van der Waals surface area contributed by atoms with Gasteiger partial charge in [-0.15, -0.1) is 0 Å². The number of sulfonamides is 1. The highest BCUT2D eigenvalue weighted by Gasteiger charge is 2.30. The van der Waals surface area contributed by atoms with E-state index in [4.69, 9.17) is 14.2 Å². The number of likely N-dealkylation sites (tertiary alicyclic amines) is 1. The number of benzene rings is 1. The van der Waals surface area contributed by atoms with Gasteiger partial charge in [0.2, 0.25) is 15.9 Å². The van der Waals surface area contributed by atoms with Crippen LogP contribution in [-0.2, 0) is 28.0 Å². The Hall–Kier alpha value is -2.40. The van der Waals surface area contributed by atoms with Crippen molar-refractivity contribution in [2.45, 2.75) is 45.5 Å². The summed E-state index contributed by atoms with van der Waals surface area (Å²) in [6, 6.07) is 5.70. The van der Waals surface area contributed by atoms with Gasteiger partial charge in [0.15, 0.2) is 0 Å². The maximum absolute atomic E-state index is 11.8. The second kappa shape index (κ2) is 10.3. The minimum atomic E-state index is -3.49. The van der Waals surface area contributed by atoms with Crippen molar-refractivity contribution in [1.29, 1.82) is 0 Å². The fourth-order valence-corrected chi connectivity index (χ4v) is 5.29. The minimum absolute atomic E-state index is 0.202. The number of aromatic nitrogens is 1. The molecule has 1 aromatic heterocycles. The van der Waals surface area contributed by atoms with E-state index in [0.717, 1.165) is 66.7 Å². The van der Waals surface area contributed by atoms with Gasteiger partial charge in [-0.3, -0.25) is 9.62 Å². The van der Waals surface area contributed by atoms with E-state index in [9.17, 15) is 13.5 Å². The smallest absolute Gasteiger partial charge is 0.238 e. The number of fused-ring (bicyclic) bond motifs is 1. The first-order chi connectivity index (χ1) is 16.5. The van der Waals surface area contributed by atoms with Crippen molar-refractivity contribution in [3.05, 3.63) is 35.5 Å². The Labute approximate surface area is 207 Å². The molecule has 3 heterocycles. The lowest BCUT2D eigenvalue weighted by molar-refractivity contribution is -0.0137. The van der Waals surface area contributed by atoms with E-state index in [0.29, 0.717) is 25.7 Å². The number of hydrogen-bond donors (Lipinski definition) is 2. The molecule has 0 bridgehead atoms. The van der Waals surface area contributed by atoms with Crippen LogP contribution in [-0.4, -0.2) is 68.6 Å². The van der Waals surface area contributed by atoms with E-state index in [1.54, 1.807) is 12.3 Å². The minimum Gasteiger partial charge on any atom is -0.492 e. The van der Waals surface area contributed by atoms with Gasteiger partial charge in [0.25, 0.3) is 0 Å². The number of ether oxygens (including phenoxy) is 3. The average Bonchev–Trinajstić information content (AvgIpc) is 3.27. The van der Waals surface area contributed by atoms with Gasteiger partial charge < -0.3 is 19.3 Å². The number of hydrogen-bond acceptors (Lipinski definition) is 8. The summed E-state index contributed by atoms with van der Waals surface area (Å²) in [4.78, 5) is 6.66. The standard InChI is InChI=1S/C25H35N3O6S/c1-25(2,29)20-5-7-28(8-6-20)9-10-34-23-13-17(11-19-15-33-16-21(19)23)18-12-22(27-35(4,30)31)24(32-3)26-14-18/h11-14,20,27,29H,5-10,15-16H2,1-4H3. The lowest BCUT2D eigenvalue weighted by Crippen LogP contribution is -2.43. The van der Waals surface area contributed by atoms with E-state index >= 15 is 0 Å². The number of rotatable bonds is 9. The van der Waals surface area contributed by atoms with Gasteiger partial charge in [-0.25, -0.2) is 13.4 Å². The van der Waals surface area contributed by atoms with Crippen molar-refractivity contribution in [3.8, 4) is 22.8 Å². The second-order valence-corrected chi connectivity index (χ2v) is 11.6. The van der Waals surface area contributed by atoms with Gasteiger partial charge in [-0.05, 0) is 75.0 Å². The molecule has 2 aromatic rings. The summed E-state index contributed by atoms with van der Waals surface area (Å²) in [7, 11) is -2.05. The number of nitrogens with one attached hydrogen (secondary N) is 1. The van der Waals surface area contributed by atoms with Crippen molar-refractivity contribution >= 4 is 15.7 Å². The summed E-state index contributed by atoms with van der Waals surface area (Å²) in [6.07, 6.45) is 4.71. The third-order valence-electron chi connectivity index (χ3n) is 6.73. The zero-order valence-electron chi connectivity index (χ0n) is 20.8. The molecule has 0 radical (unpaired) electrons. The Morgan fingerprint density at radius 2 is 1.94 bits per heavy atom. The topological polar surface area (TPSA) is 110 Å². The van der Waals surface area contributed by atoms with Crippen LogP contribution >= 0.6 is 0 Å². The number of nitrogens with zero attached hydrogens (tertiary/aromatic N) is 2. The summed E-state index contributed by atoms with van der Waals surface area (Å²) < 4.78 is 43.2. The zero-order valence-corrected chi connectivity index (χ0v) is 21.7. The summed E-state index contributed by atoms with van der Waals surface area (Å²) >= 11 is 0. The van der Waals surface area contributed by atoms with Crippen molar-refractivity contribution < 1.29 is 27.7 Å². The summed E-state index contributed by atoms with van der Waals surface area (Å²) in [6.45, 7) is 8.05. The van der Waals surface area contributed by atoms with E-state index in [2.05, 4.69) is 14.6 Å². The highest BCUT2D eigenvalue weighted by Crippen LogP contribution is 2.37. The molecule has 0 aliphatic carbocycles. The Balaban J connectivity index is 1.48. The van der Waals surface area contributed by atoms with Crippen LogP contribution in [0.4, 0.5) is 5.69 Å². The van der Waals surface area contributed by atoms with Crippen molar-refractivity contribution in [2.24, 2.45) is 5.92 Å². The molecule has 10 heteroatoms. The van der Waals surface area contributed by atoms with Gasteiger partial charge in [0.1, 0.15) is 18.0 Å². The molecule has 1 fully saturated rings. The molecule has 4 rings (SSSR count). The molecule has 192 valence electrons. The normalized spacial score (nSPS) is 17.3. The number of pyridine rings is 1. The van der Waals surface area contributed by atoms with Crippen LogP contribution in [0.5, 0.6) is 11.6 Å². The highest BCUT2D eigenvalue weighted by molar-refractivity contribution is 7.92. The maximum Gasteiger partial charge on any atom is 0.238 e. The fourth-order valence-electron chi connectivity index (χ4n) is 4.75. The molecule has 2 N–H and O–H groups in total. The molecule has 1 saturated heterocycles. The lowest BCUT2D eigenvalue weighted by Gasteiger charge is -2.37. The summed E-state index contributed by atoms with van der Waals surface area (Å²) in [5.41, 5.74) is 3.35. The first kappa shape index (κ1) is 25.7. The van der Waals surface area contributed by atoms with Gasteiger partial charge >= 0.3 is 0 Å². The monoisotopic (exact) mass is 505 g/mol. The van der Waals surface area contributed by atoms with Gasteiger partial charge in [-0.2, -0.15) is 0 Å². The van der Waals surface area contributed by atoms with Crippen LogP contribution in [0.3, 0.4) is 0 Å². The van der Waals surface area contributed by atoms with E-state index < -0.39 is 15.6 Å². The molecule has 0 unspecified atom stereocenters. The zero-order chi connectivity index (χ0) is 25.2. The molecule has 0 atom stereocenters. The first-order valence-electron chi connectivity index (χ1n) is 11.9. The third-order valence-corrected chi connectivity index (χ3v) is 7.32. The fraction of sp³-hybridized carbons (Fsp3) is 0.560. The Morgan fingerprint density at radius 1 is 1.20 bits per heavy atom. The highest BCUT2D eigenvalue weighted by atomic mass is 32.2. The summed E-state index contributed by atoms with van der Waals surface area (Å²) in [5, 5.41) is 10.3. The predicted octanol–water partition coefficient (Wildman–Crippen LogP) is 3.02. The molecule has 0 saturated carbocycles. The van der Waals surface area contributed by atoms with E-state index in [1.807, 2.05) is 26.0 Å². The number of aliphatic hydroxyl groups is 1. The van der Waals surface area contributed by atoms with Gasteiger partial charge in [0.05, 0.1) is 32.2 Å². The quantitative estimate of drug-likeness (QED) is 0.535. The number of anilines is 1. The average molecular weight is 506 g/mol. The predicted molar refractivity (Wildman–Crippen MR) is 134 cm³/mol. The molecule has 9 nitrogen and oxygen atoms in total. The van der Waals surface area contributed by atoms with Crippen molar-refractivity contribution in [3.63, 3.8) is 0 Å². The molecule has 0 spiro atoms. The van der Waals surface area contributed by atoms with Gasteiger partial charge in [0, 0.05) is 23.9 Å². The SMILES string of the molecule is COc1ncc(-c2cc3c(c(OCCN4CCC(C(C)(C)O)CC4)c2)COC3)cc1NS(C)(=O)=O. The van der Waals surface area contributed by atoms with Crippen LogP contribution in [0.15, 0.2) is 24.4 Å². The van der Waals surface area contributed by atoms with Gasteiger partial charge in [-0.1, -0.05) is 0 Å². The van der Waals surface area contributed by atoms with Crippen LogP contribution in [0.2, 0.25) is 0 Å². The Morgan fingerprint density at radius 3 is 2.60 bits per heavy atom. The molecule has 2 aliphatic heterocycles. The molecule has 35 heavy (non-hydrogen) atoms. The Bertz CT molecular complexity index is 1150. The molecular weight excluding hydrogens is 470 g/mol. The largest absolute Gasteiger partial charge is 0.492 e. The van der Waals surface area contributed by atoms with Crippen LogP contribution < -0.4 is 14.2 Å². The summed E-state index contributed by atoms with van der Waals surface area (Å²) in [5.74, 6) is 1.31. The molecule has 0 amide bonds. The molecular formula is C25H35N3O6S. The molecule has 1 aromatic carbocycles. The number of piperidine rings is 1. The van der Waals surface area contributed by atoms with Crippen LogP contribution in [0.25, 0.3) is 11.1 Å². The van der Waals surface area contributed by atoms with Crippen molar-refractivity contribution in [2.75, 3.05) is 44.3 Å².